The lowest BCUT2D eigenvalue weighted by atomic mass is 10.2. The number of aliphatic carboxylic acids is 1. The molecular formula is C7H14O2Si. The Kier molecular flexibility index (Phi) is 4.93. The Morgan fingerprint density at radius 2 is 2.30 bits per heavy atom. The van der Waals surface area contributed by atoms with Crippen LogP contribution in [0.25, 0.3) is 0 Å². The zero-order chi connectivity index (χ0) is 7.98. The summed E-state index contributed by atoms with van der Waals surface area (Å²) in [5.41, 5.74) is 0.608. The van der Waals surface area contributed by atoms with Gasteiger partial charge in [0.1, 0.15) is 0 Å². The van der Waals surface area contributed by atoms with E-state index in [0.29, 0.717) is 5.57 Å². The molecule has 0 rings (SSSR count). The van der Waals surface area contributed by atoms with Crippen molar-refractivity contribution in [3.63, 3.8) is 0 Å². The summed E-state index contributed by atoms with van der Waals surface area (Å²) in [6.07, 6.45) is 2.63. The largest absolute Gasteiger partial charge is 0.478 e. The van der Waals surface area contributed by atoms with Crippen molar-refractivity contribution in [2.45, 2.75) is 25.9 Å². The molecule has 0 aromatic heterocycles. The molecule has 1 N–H and O–H groups in total. The molecule has 0 heterocycles. The molecule has 0 amide bonds. The van der Waals surface area contributed by atoms with Gasteiger partial charge in [-0.25, -0.2) is 4.79 Å². The zero-order valence-corrected chi connectivity index (χ0v) is 7.97. The van der Waals surface area contributed by atoms with Crippen molar-refractivity contribution in [3.05, 3.63) is 11.6 Å². The molecule has 3 heteroatoms. The molecule has 0 aliphatic rings. The van der Waals surface area contributed by atoms with E-state index in [2.05, 4.69) is 6.55 Å². The molecule has 0 aliphatic carbocycles. The van der Waals surface area contributed by atoms with Crippen LogP contribution >= 0.6 is 0 Å². The Morgan fingerprint density at radius 1 is 1.70 bits per heavy atom. The number of carboxylic acid groups (broad SMARTS) is 1. The second kappa shape index (κ2) is 5.23. The summed E-state index contributed by atoms with van der Waals surface area (Å²) >= 11 is 0. The fourth-order valence-electron chi connectivity index (χ4n) is 0.812. The first-order valence-corrected chi connectivity index (χ1v) is 6.06. The maximum atomic E-state index is 10.4. The van der Waals surface area contributed by atoms with E-state index in [4.69, 9.17) is 5.11 Å². The van der Waals surface area contributed by atoms with Crippen molar-refractivity contribution < 1.29 is 9.90 Å². The van der Waals surface area contributed by atoms with Crippen molar-refractivity contribution >= 4 is 15.5 Å². The van der Waals surface area contributed by atoms with E-state index in [0.717, 1.165) is 12.5 Å². The molecular weight excluding hydrogens is 144 g/mol. The first-order valence-electron chi connectivity index (χ1n) is 3.64. The monoisotopic (exact) mass is 158 g/mol. The Balaban J connectivity index is 3.98. The summed E-state index contributed by atoms with van der Waals surface area (Å²) in [5, 5.41) is 8.59. The molecule has 10 heavy (non-hydrogen) atoms. The molecule has 0 aromatic carbocycles. The van der Waals surface area contributed by atoms with Gasteiger partial charge in [0.25, 0.3) is 0 Å². The van der Waals surface area contributed by atoms with Crippen molar-refractivity contribution in [3.8, 4) is 0 Å². The van der Waals surface area contributed by atoms with E-state index in [1.54, 1.807) is 6.08 Å². The lowest BCUT2D eigenvalue weighted by molar-refractivity contribution is -0.132. The standard InChI is InChI=1S/C7H14O2Si/c1-3-4-6(5-10-2)7(8)9/h4H,3,5,10H2,1-2H3,(H,8,9). The van der Waals surface area contributed by atoms with Gasteiger partial charge in [-0.3, -0.25) is 0 Å². The molecule has 0 saturated carbocycles. The topological polar surface area (TPSA) is 37.3 Å². The summed E-state index contributed by atoms with van der Waals surface area (Å²) in [7, 11) is -0.146. The summed E-state index contributed by atoms with van der Waals surface area (Å²) in [6, 6.07) is 0.823. The lowest BCUT2D eigenvalue weighted by Crippen LogP contribution is -2.01. The van der Waals surface area contributed by atoms with Crippen LogP contribution in [0, 0.1) is 0 Å². The van der Waals surface area contributed by atoms with Gasteiger partial charge in [-0.1, -0.05) is 19.5 Å². The molecule has 2 nitrogen and oxygen atoms in total. The molecule has 0 fully saturated rings. The maximum absolute atomic E-state index is 10.4. The normalized spacial score (nSPS) is 12.8. The number of hydrogen-bond donors (Lipinski definition) is 1. The number of hydrogen-bond acceptors (Lipinski definition) is 1. The van der Waals surface area contributed by atoms with Crippen molar-refractivity contribution in [2.75, 3.05) is 0 Å². The van der Waals surface area contributed by atoms with Crippen LogP contribution in [0.1, 0.15) is 13.3 Å². The van der Waals surface area contributed by atoms with Crippen LogP contribution in [-0.4, -0.2) is 20.6 Å². The van der Waals surface area contributed by atoms with E-state index in [9.17, 15) is 4.79 Å². The molecule has 0 atom stereocenters. The quantitative estimate of drug-likeness (QED) is 0.490. The Morgan fingerprint density at radius 3 is 2.60 bits per heavy atom. The second-order valence-electron chi connectivity index (χ2n) is 2.19. The smallest absolute Gasteiger partial charge is 0.330 e. The molecule has 0 unspecified atom stereocenters. The highest BCUT2D eigenvalue weighted by molar-refractivity contribution is 6.35. The van der Waals surface area contributed by atoms with Gasteiger partial charge < -0.3 is 5.11 Å². The average molecular weight is 158 g/mol. The van der Waals surface area contributed by atoms with Gasteiger partial charge in [0.2, 0.25) is 0 Å². The fourth-order valence-corrected chi connectivity index (χ4v) is 1.77. The number of carboxylic acids is 1. The summed E-state index contributed by atoms with van der Waals surface area (Å²) in [5.74, 6) is -0.740. The predicted molar refractivity (Wildman–Crippen MR) is 45.2 cm³/mol. The van der Waals surface area contributed by atoms with Gasteiger partial charge in [-0.15, -0.1) is 0 Å². The fraction of sp³-hybridized carbons (Fsp3) is 0.571. The molecule has 0 bridgehead atoms. The van der Waals surface area contributed by atoms with Gasteiger partial charge in [0.05, 0.1) is 0 Å². The third-order valence-corrected chi connectivity index (χ3v) is 2.28. The number of rotatable bonds is 4. The molecule has 0 aliphatic heterocycles. The molecule has 0 saturated heterocycles. The van der Waals surface area contributed by atoms with Crippen molar-refractivity contribution in [1.82, 2.24) is 0 Å². The zero-order valence-electron chi connectivity index (χ0n) is 6.55. The van der Waals surface area contributed by atoms with Gasteiger partial charge in [-0.05, 0) is 12.5 Å². The van der Waals surface area contributed by atoms with Crippen molar-refractivity contribution in [2.24, 2.45) is 0 Å². The highest BCUT2D eigenvalue weighted by atomic mass is 28.2. The van der Waals surface area contributed by atoms with Crippen LogP contribution in [0.3, 0.4) is 0 Å². The van der Waals surface area contributed by atoms with Crippen LogP contribution < -0.4 is 0 Å². The molecule has 0 aromatic rings. The number of allylic oxidation sites excluding steroid dienone is 1. The van der Waals surface area contributed by atoms with Crippen LogP contribution in [-0.2, 0) is 4.79 Å². The molecule has 0 radical (unpaired) electrons. The van der Waals surface area contributed by atoms with Crippen LogP contribution in [0.4, 0.5) is 0 Å². The number of carbonyl (C=O) groups is 1. The van der Waals surface area contributed by atoms with Crippen LogP contribution in [0.5, 0.6) is 0 Å². The average Bonchev–Trinajstić information content (AvgIpc) is 1.87. The molecule has 0 spiro atoms. The van der Waals surface area contributed by atoms with Gasteiger partial charge in [0, 0.05) is 15.1 Å². The van der Waals surface area contributed by atoms with Crippen LogP contribution in [0.2, 0.25) is 12.6 Å². The van der Waals surface area contributed by atoms with Crippen LogP contribution in [0.15, 0.2) is 11.6 Å². The third kappa shape index (κ3) is 3.45. The Hall–Kier alpha value is -0.573. The first kappa shape index (κ1) is 9.43. The SMILES string of the molecule is CCC=C(C[SiH2]C)C(=O)O. The highest BCUT2D eigenvalue weighted by Gasteiger charge is 2.03. The van der Waals surface area contributed by atoms with Gasteiger partial charge in [0.15, 0.2) is 0 Å². The second-order valence-corrected chi connectivity index (χ2v) is 3.69. The van der Waals surface area contributed by atoms with Gasteiger partial charge in [-0.2, -0.15) is 0 Å². The van der Waals surface area contributed by atoms with E-state index in [1.165, 1.54) is 0 Å². The van der Waals surface area contributed by atoms with Gasteiger partial charge >= 0.3 is 5.97 Å². The van der Waals surface area contributed by atoms with E-state index < -0.39 is 5.97 Å². The lowest BCUT2D eigenvalue weighted by Gasteiger charge is -1.96. The minimum absolute atomic E-state index is 0.146. The van der Waals surface area contributed by atoms with E-state index in [1.807, 2.05) is 6.92 Å². The Labute approximate surface area is 63.8 Å². The summed E-state index contributed by atoms with van der Waals surface area (Å²) < 4.78 is 0. The Bertz CT molecular complexity index is 141. The maximum Gasteiger partial charge on any atom is 0.330 e. The third-order valence-electron chi connectivity index (χ3n) is 1.24. The summed E-state index contributed by atoms with van der Waals surface area (Å²) in [4.78, 5) is 10.4. The highest BCUT2D eigenvalue weighted by Crippen LogP contribution is 2.02. The van der Waals surface area contributed by atoms with E-state index >= 15 is 0 Å². The summed E-state index contributed by atoms with van der Waals surface area (Å²) in [6.45, 7) is 4.08. The minimum Gasteiger partial charge on any atom is -0.478 e. The first-order chi connectivity index (χ1) is 4.72. The van der Waals surface area contributed by atoms with Crippen molar-refractivity contribution in [1.29, 1.82) is 0 Å². The molecule has 58 valence electrons. The van der Waals surface area contributed by atoms with E-state index in [-0.39, 0.29) is 9.52 Å². The minimum atomic E-state index is -0.740. The predicted octanol–water partition coefficient (Wildman–Crippen LogP) is 1.04.